The van der Waals surface area contributed by atoms with Crippen molar-refractivity contribution >= 4 is 35.0 Å². The zero-order valence-corrected chi connectivity index (χ0v) is 17.0. The summed E-state index contributed by atoms with van der Waals surface area (Å²) in [4.78, 5) is 0. The lowest BCUT2D eigenvalue weighted by molar-refractivity contribution is 0.800. The number of aromatic nitrogens is 3. The maximum Gasteiger partial charge on any atom is 0.0930 e. The summed E-state index contributed by atoms with van der Waals surface area (Å²) in [5.41, 5.74) is 7.16. The molecule has 0 saturated heterocycles. The molecule has 1 aromatic heterocycles. The van der Waals surface area contributed by atoms with Crippen molar-refractivity contribution in [1.82, 2.24) is 15.0 Å². The van der Waals surface area contributed by atoms with Crippen molar-refractivity contribution in [2.75, 3.05) is 0 Å². The molecule has 1 heterocycles. The molecule has 3 aromatic carbocycles. The molecule has 0 atom stereocenters. The van der Waals surface area contributed by atoms with Crippen LogP contribution in [-0.4, -0.2) is 15.0 Å². The predicted octanol–water partition coefficient (Wildman–Crippen LogP) is 6.58. The third-order valence-corrected chi connectivity index (χ3v) is 6.93. The number of hydrogen-bond donors (Lipinski definition) is 0. The number of thioether (sulfide) groups is 1. The van der Waals surface area contributed by atoms with Gasteiger partial charge in [0, 0.05) is 5.75 Å². The third-order valence-electron chi connectivity index (χ3n) is 4.88. The fraction of sp³-hybridized carbons (Fsp3) is 0.0909. The topological polar surface area (TPSA) is 30.7 Å². The van der Waals surface area contributed by atoms with Gasteiger partial charge in [0.25, 0.3) is 0 Å². The molecule has 28 heavy (non-hydrogen) atoms. The molecule has 138 valence electrons. The van der Waals surface area contributed by atoms with Crippen LogP contribution in [0.4, 0.5) is 0 Å². The molecule has 1 aliphatic rings. The Labute approximate surface area is 177 Å². The molecule has 0 aliphatic heterocycles. The Bertz CT molecular complexity index is 1130. The third kappa shape index (κ3) is 3.12. The number of fused-ring (bicyclic) bond motifs is 3. The van der Waals surface area contributed by atoms with Gasteiger partial charge in [-0.25, -0.2) is 4.68 Å². The first-order valence-electron chi connectivity index (χ1n) is 8.87. The predicted molar refractivity (Wildman–Crippen MR) is 116 cm³/mol. The normalized spacial score (nSPS) is 12.8. The van der Waals surface area contributed by atoms with E-state index in [-0.39, 0.29) is 0 Å². The molecule has 6 heteroatoms. The summed E-state index contributed by atoms with van der Waals surface area (Å²) in [6.07, 6.45) is 1.94. The molecular formula is C22H15Cl2N3S. The van der Waals surface area contributed by atoms with Gasteiger partial charge in [-0.15, -0.1) is 16.9 Å². The van der Waals surface area contributed by atoms with E-state index in [9.17, 15) is 0 Å². The van der Waals surface area contributed by atoms with E-state index in [1.807, 2.05) is 24.0 Å². The molecule has 0 amide bonds. The molecule has 0 radical (unpaired) electrons. The number of hydrogen-bond acceptors (Lipinski definition) is 3. The van der Waals surface area contributed by atoms with Crippen LogP contribution in [0.25, 0.3) is 16.8 Å². The Morgan fingerprint density at radius 3 is 2.21 bits per heavy atom. The Hall–Kier alpha value is -2.27. The summed E-state index contributed by atoms with van der Waals surface area (Å²) in [6.45, 7) is 0. The fourth-order valence-electron chi connectivity index (χ4n) is 3.58. The summed E-state index contributed by atoms with van der Waals surface area (Å²) in [5.74, 6) is 0.772. The summed E-state index contributed by atoms with van der Waals surface area (Å²) >= 11 is 14.0. The van der Waals surface area contributed by atoms with E-state index in [1.165, 1.54) is 22.3 Å². The summed E-state index contributed by atoms with van der Waals surface area (Å²) < 4.78 is 1.73. The zero-order valence-electron chi connectivity index (χ0n) is 14.7. The van der Waals surface area contributed by atoms with Crippen LogP contribution in [0.3, 0.4) is 0 Å². The maximum absolute atomic E-state index is 6.12. The van der Waals surface area contributed by atoms with Crippen molar-refractivity contribution in [3.8, 4) is 16.8 Å². The standard InChI is InChI=1S/C22H15Cl2N3S/c23-20-10-9-15(11-21(20)24)27-12-14(25-26-27)13-28-22-18-7-3-1-5-16(18)17-6-2-4-8-19(17)22/h1-12,22H,13H2. The van der Waals surface area contributed by atoms with Gasteiger partial charge in [0.15, 0.2) is 0 Å². The largest absolute Gasteiger partial charge is 0.220 e. The van der Waals surface area contributed by atoms with Crippen molar-refractivity contribution < 1.29 is 0 Å². The average molecular weight is 424 g/mol. The molecule has 4 aromatic rings. The SMILES string of the molecule is Clc1ccc(-n2cc(CSC3c4ccccc4-c4ccccc43)nn2)cc1Cl. The van der Waals surface area contributed by atoms with E-state index in [1.54, 1.807) is 16.8 Å². The molecule has 0 unspecified atom stereocenters. The van der Waals surface area contributed by atoms with Crippen molar-refractivity contribution in [3.63, 3.8) is 0 Å². The van der Waals surface area contributed by atoms with E-state index >= 15 is 0 Å². The van der Waals surface area contributed by atoms with E-state index in [2.05, 4.69) is 58.8 Å². The van der Waals surface area contributed by atoms with Crippen LogP contribution in [0.5, 0.6) is 0 Å². The fourth-order valence-corrected chi connectivity index (χ4v) is 5.11. The van der Waals surface area contributed by atoms with Crippen LogP contribution in [0.1, 0.15) is 22.1 Å². The smallest absolute Gasteiger partial charge is 0.0930 e. The Kier molecular flexibility index (Phi) is 4.63. The van der Waals surface area contributed by atoms with Gasteiger partial charge in [0.05, 0.1) is 32.9 Å². The minimum atomic E-state index is 0.308. The number of halogens is 2. The molecule has 3 nitrogen and oxygen atoms in total. The van der Waals surface area contributed by atoms with E-state index in [4.69, 9.17) is 23.2 Å². The van der Waals surface area contributed by atoms with E-state index in [0.29, 0.717) is 15.3 Å². The molecule has 0 N–H and O–H groups in total. The average Bonchev–Trinajstić information content (AvgIpc) is 3.31. The lowest BCUT2D eigenvalue weighted by Gasteiger charge is -2.12. The van der Waals surface area contributed by atoms with Gasteiger partial charge in [-0.2, -0.15) is 0 Å². The number of benzene rings is 3. The Balaban J connectivity index is 1.39. The van der Waals surface area contributed by atoms with Crippen molar-refractivity contribution in [2.24, 2.45) is 0 Å². The second kappa shape index (κ2) is 7.28. The van der Waals surface area contributed by atoms with Crippen molar-refractivity contribution in [2.45, 2.75) is 11.0 Å². The van der Waals surface area contributed by atoms with E-state index < -0.39 is 0 Å². The van der Waals surface area contributed by atoms with Gasteiger partial charge in [0.2, 0.25) is 0 Å². The van der Waals surface area contributed by atoms with Crippen LogP contribution in [0, 0.1) is 0 Å². The van der Waals surface area contributed by atoms with Crippen LogP contribution in [0.15, 0.2) is 72.9 Å². The summed E-state index contributed by atoms with van der Waals surface area (Å²) in [6, 6.07) is 22.7. The number of rotatable bonds is 4. The Morgan fingerprint density at radius 1 is 0.857 bits per heavy atom. The lowest BCUT2D eigenvalue weighted by atomic mass is 10.1. The highest BCUT2D eigenvalue weighted by molar-refractivity contribution is 7.99. The van der Waals surface area contributed by atoms with Crippen LogP contribution in [-0.2, 0) is 5.75 Å². The minimum absolute atomic E-state index is 0.308. The lowest BCUT2D eigenvalue weighted by Crippen LogP contribution is -1.94. The molecule has 0 bridgehead atoms. The highest BCUT2D eigenvalue weighted by atomic mass is 35.5. The van der Waals surface area contributed by atoms with Gasteiger partial charge >= 0.3 is 0 Å². The number of nitrogens with zero attached hydrogens (tertiary/aromatic N) is 3. The van der Waals surface area contributed by atoms with Crippen molar-refractivity contribution in [1.29, 1.82) is 0 Å². The van der Waals surface area contributed by atoms with Crippen molar-refractivity contribution in [3.05, 3.63) is 99.8 Å². The van der Waals surface area contributed by atoms with Crippen LogP contribution < -0.4 is 0 Å². The maximum atomic E-state index is 6.12. The summed E-state index contributed by atoms with van der Waals surface area (Å²) in [7, 11) is 0. The zero-order chi connectivity index (χ0) is 19.1. The highest BCUT2D eigenvalue weighted by Gasteiger charge is 2.28. The first-order valence-corrected chi connectivity index (χ1v) is 10.7. The van der Waals surface area contributed by atoms with Gasteiger partial charge in [-0.05, 0) is 40.5 Å². The first-order chi connectivity index (χ1) is 13.7. The van der Waals surface area contributed by atoms with Crippen LogP contribution in [0.2, 0.25) is 10.0 Å². The van der Waals surface area contributed by atoms with Crippen LogP contribution >= 0.6 is 35.0 Å². The second-order valence-corrected chi connectivity index (χ2v) is 8.53. The first kappa shape index (κ1) is 17.8. The van der Waals surface area contributed by atoms with Gasteiger partial charge in [-0.1, -0.05) is 76.9 Å². The van der Waals surface area contributed by atoms with E-state index in [0.717, 1.165) is 17.1 Å². The Morgan fingerprint density at radius 2 is 1.54 bits per heavy atom. The molecule has 0 saturated carbocycles. The minimum Gasteiger partial charge on any atom is -0.220 e. The molecular weight excluding hydrogens is 409 g/mol. The summed E-state index contributed by atoms with van der Waals surface area (Å²) in [5, 5.41) is 9.92. The molecule has 0 fully saturated rings. The monoisotopic (exact) mass is 423 g/mol. The molecule has 0 spiro atoms. The molecule has 5 rings (SSSR count). The van der Waals surface area contributed by atoms with Gasteiger partial charge in [-0.3, -0.25) is 0 Å². The van der Waals surface area contributed by atoms with Gasteiger partial charge in [0.1, 0.15) is 0 Å². The molecule has 1 aliphatic carbocycles. The van der Waals surface area contributed by atoms with Gasteiger partial charge < -0.3 is 0 Å². The highest BCUT2D eigenvalue weighted by Crippen LogP contribution is 2.50. The quantitative estimate of drug-likeness (QED) is 0.371. The second-order valence-electron chi connectivity index (χ2n) is 6.62.